The third-order valence-corrected chi connectivity index (χ3v) is 2.75. The van der Waals surface area contributed by atoms with Crippen LogP contribution in [0.5, 0.6) is 0 Å². The Morgan fingerprint density at radius 1 is 1.50 bits per heavy atom. The number of nitrogens with zero attached hydrogens (tertiary/aromatic N) is 2. The highest BCUT2D eigenvalue weighted by Gasteiger charge is 2.12. The van der Waals surface area contributed by atoms with E-state index in [2.05, 4.69) is 6.07 Å². The van der Waals surface area contributed by atoms with E-state index in [1.54, 1.807) is 0 Å². The first-order valence-electron chi connectivity index (χ1n) is 5.09. The molecule has 0 aliphatic rings. The molecule has 0 aromatic heterocycles. The monoisotopic (exact) mass is 240 g/mol. The van der Waals surface area contributed by atoms with E-state index in [9.17, 15) is 4.39 Å². The van der Waals surface area contributed by atoms with Crippen LogP contribution in [0.4, 0.5) is 4.39 Å². The Kier molecular flexibility index (Phi) is 4.72. The molecule has 0 fully saturated rings. The van der Waals surface area contributed by atoms with Gasteiger partial charge in [-0.2, -0.15) is 5.26 Å². The van der Waals surface area contributed by atoms with Gasteiger partial charge in [-0.3, -0.25) is 4.90 Å². The quantitative estimate of drug-likeness (QED) is 0.756. The van der Waals surface area contributed by atoms with Crippen molar-refractivity contribution in [2.45, 2.75) is 26.4 Å². The van der Waals surface area contributed by atoms with Crippen molar-refractivity contribution in [1.82, 2.24) is 4.90 Å². The van der Waals surface area contributed by atoms with Crippen LogP contribution in [0.15, 0.2) is 18.2 Å². The van der Waals surface area contributed by atoms with Crippen LogP contribution < -0.4 is 0 Å². The van der Waals surface area contributed by atoms with Crippen LogP contribution in [0, 0.1) is 17.1 Å². The highest BCUT2D eigenvalue weighted by molar-refractivity contribution is 6.31. The SMILES string of the molecule is CC(C)N(CC#N)Cc1cc(F)ccc1Cl. The summed E-state index contributed by atoms with van der Waals surface area (Å²) < 4.78 is 13.0. The van der Waals surface area contributed by atoms with E-state index in [1.165, 1.54) is 18.2 Å². The summed E-state index contributed by atoms with van der Waals surface area (Å²) in [5.74, 6) is -0.305. The fourth-order valence-corrected chi connectivity index (χ4v) is 1.57. The molecule has 0 unspecified atom stereocenters. The van der Waals surface area contributed by atoms with Crippen molar-refractivity contribution in [2.24, 2.45) is 0 Å². The van der Waals surface area contributed by atoms with Crippen LogP contribution in [-0.2, 0) is 6.54 Å². The average Bonchev–Trinajstić information content (AvgIpc) is 2.22. The average molecular weight is 241 g/mol. The fraction of sp³-hybridized carbons (Fsp3) is 0.417. The smallest absolute Gasteiger partial charge is 0.123 e. The minimum Gasteiger partial charge on any atom is -0.284 e. The van der Waals surface area contributed by atoms with E-state index >= 15 is 0 Å². The molecule has 2 nitrogen and oxygen atoms in total. The Balaban J connectivity index is 2.85. The van der Waals surface area contributed by atoms with Gasteiger partial charge in [0.15, 0.2) is 0 Å². The molecule has 1 aromatic carbocycles. The van der Waals surface area contributed by atoms with E-state index in [-0.39, 0.29) is 11.9 Å². The van der Waals surface area contributed by atoms with E-state index < -0.39 is 0 Å². The van der Waals surface area contributed by atoms with E-state index in [0.717, 1.165) is 0 Å². The van der Waals surface area contributed by atoms with Gasteiger partial charge in [-0.15, -0.1) is 0 Å². The lowest BCUT2D eigenvalue weighted by Crippen LogP contribution is -2.30. The van der Waals surface area contributed by atoms with Gasteiger partial charge >= 0.3 is 0 Å². The van der Waals surface area contributed by atoms with Crippen LogP contribution in [0.25, 0.3) is 0 Å². The van der Waals surface area contributed by atoms with Gasteiger partial charge in [0.05, 0.1) is 12.6 Å². The Bertz CT molecular complexity index is 398. The number of nitriles is 1. The first-order valence-corrected chi connectivity index (χ1v) is 5.47. The molecular formula is C12H14ClFN2. The lowest BCUT2D eigenvalue weighted by Gasteiger charge is -2.23. The summed E-state index contributed by atoms with van der Waals surface area (Å²) in [5, 5.41) is 9.22. The van der Waals surface area contributed by atoms with Gasteiger partial charge in [-0.1, -0.05) is 11.6 Å². The van der Waals surface area contributed by atoms with Crippen molar-refractivity contribution in [3.8, 4) is 6.07 Å². The molecule has 0 spiro atoms. The van der Waals surface area contributed by atoms with Crippen LogP contribution in [-0.4, -0.2) is 17.5 Å². The lowest BCUT2D eigenvalue weighted by molar-refractivity contribution is 0.240. The van der Waals surface area contributed by atoms with Gasteiger partial charge < -0.3 is 0 Å². The number of rotatable bonds is 4. The summed E-state index contributed by atoms with van der Waals surface area (Å²) >= 11 is 5.97. The van der Waals surface area contributed by atoms with Crippen LogP contribution in [0.2, 0.25) is 5.02 Å². The molecule has 0 amide bonds. The number of halogens is 2. The Morgan fingerprint density at radius 2 is 2.19 bits per heavy atom. The molecule has 0 atom stereocenters. The molecule has 1 aromatic rings. The van der Waals surface area contributed by atoms with Gasteiger partial charge in [0.25, 0.3) is 0 Å². The molecule has 0 radical (unpaired) electrons. The number of hydrogen-bond acceptors (Lipinski definition) is 2. The maximum absolute atomic E-state index is 13.0. The van der Waals surface area contributed by atoms with Gasteiger partial charge in [0.2, 0.25) is 0 Å². The third-order valence-electron chi connectivity index (χ3n) is 2.39. The van der Waals surface area contributed by atoms with Crippen LogP contribution in [0.3, 0.4) is 0 Å². The molecule has 0 saturated heterocycles. The van der Waals surface area contributed by atoms with Gasteiger partial charge in [0, 0.05) is 17.6 Å². The van der Waals surface area contributed by atoms with Crippen molar-refractivity contribution in [3.05, 3.63) is 34.6 Å². The molecule has 16 heavy (non-hydrogen) atoms. The fourth-order valence-electron chi connectivity index (χ4n) is 1.40. The number of hydrogen-bond donors (Lipinski definition) is 0. The molecule has 0 aliphatic carbocycles. The molecular weight excluding hydrogens is 227 g/mol. The Hall–Kier alpha value is -1.11. The third kappa shape index (κ3) is 3.48. The normalized spacial score (nSPS) is 10.8. The largest absolute Gasteiger partial charge is 0.284 e. The minimum absolute atomic E-state index is 0.221. The van der Waals surface area contributed by atoms with Crippen molar-refractivity contribution < 1.29 is 4.39 Å². The zero-order valence-corrected chi connectivity index (χ0v) is 10.1. The first-order chi connectivity index (χ1) is 7.54. The summed E-state index contributed by atoms with van der Waals surface area (Å²) in [6, 6.07) is 6.59. The van der Waals surface area contributed by atoms with Crippen molar-refractivity contribution in [1.29, 1.82) is 5.26 Å². The molecule has 0 saturated carbocycles. The zero-order valence-electron chi connectivity index (χ0n) is 9.37. The molecule has 0 bridgehead atoms. The maximum Gasteiger partial charge on any atom is 0.123 e. The summed E-state index contributed by atoms with van der Waals surface area (Å²) in [4.78, 5) is 1.93. The second-order valence-electron chi connectivity index (χ2n) is 3.89. The Labute approximate surface area is 100 Å². The van der Waals surface area contributed by atoms with E-state index in [1.807, 2.05) is 18.7 Å². The van der Waals surface area contributed by atoms with E-state index in [0.29, 0.717) is 23.7 Å². The topological polar surface area (TPSA) is 27.0 Å². The van der Waals surface area contributed by atoms with E-state index in [4.69, 9.17) is 16.9 Å². The van der Waals surface area contributed by atoms with Crippen molar-refractivity contribution >= 4 is 11.6 Å². The zero-order chi connectivity index (χ0) is 12.1. The molecule has 4 heteroatoms. The van der Waals surface area contributed by atoms with Crippen molar-refractivity contribution in [2.75, 3.05) is 6.54 Å². The minimum atomic E-state index is -0.305. The molecule has 1 rings (SSSR count). The molecule has 86 valence electrons. The van der Waals surface area contributed by atoms with Gasteiger partial charge in [0.1, 0.15) is 5.82 Å². The highest BCUT2D eigenvalue weighted by Crippen LogP contribution is 2.19. The predicted molar refractivity (Wildman–Crippen MR) is 62.6 cm³/mol. The number of benzene rings is 1. The first kappa shape index (κ1) is 13.0. The van der Waals surface area contributed by atoms with Crippen molar-refractivity contribution in [3.63, 3.8) is 0 Å². The Morgan fingerprint density at radius 3 is 2.75 bits per heavy atom. The predicted octanol–water partition coefficient (Wildman–Crippen LogP) is 3.21. The van der Waals surface area contributed by atoms with Crippen LogP contribution >= 0.6 is 11.6 Å². The van der Waals surface area contributed by atoms with Crippen LogP contribution in [0.1, 0.15) is 19.4 Å². The summed E-state index contributed by atoms with van der Waals surface area (Å²) in [6.07, 6.45) is 0. The standard InChI is InChI=1S/C12H14ClFN2/c1-9(2)16(6-5-15)8-10-7-11(14)3-4-12(10)13/h3-4,7,9H,6,8H2,1-2H3. The maximum atomic E-state index is 13.0. The highest BCUT2D eigenvalue weighted by atomic mass is 35.5. The summed E-state index contributed by atoms with van der Waals surface area (Å²) in [6.45, 7) is 4.78. The molecule has 0 aliphatic heterocycles. The van der Waals surface area contributed by atoms with Gasteiger partial charge in [-0.05, 0) is 37.6 Å². The molecule has 0 N–H and O–H groups in total. The second-order valence-corrected chi connectivity index (χ2v) is 4.30. The summed E-state index contributed by atoms with van der Waals surface area (Å²) in [7, 11) is 0. The summed E-state index contributed by atoms with van der Waals surface area (Å²) in [5.41, 5.74) is 0.714. The molecule has 0 heterocycles. The van der Waals surface area contributed by atoms with Gasteiger partial charge in [-0.25, -0.2) is 4.39 Å². The lowest BCUT2D eigenvalue weighted by atomic mass is 10.2. The second kappa shape index (κ2) is 5.83.